The molecule has 26 heavy (non-hydrogen) atoms. The van der Waals surface area contributed by atoms with Crippen molar-refractivity contribution in [1.29, 1.82) is 0 Å². The van der Waals surface area contributed by atoms with Gasteiger partial charge in [-0.2, -0.15) is 43.9 Å². The van der Waals surface area contributed by atoms with Crippen LogP contribution in [0.5, 0.6) is 0 Å². The van der Waals surface area contributed by atoms with Crippen molar-refractivity contribution in [3.05, 3.63) is 12.2 Å². The summed E-state index contributed by atoms with van der Waals surface area (Å²) >= 11 is 16.7. The molecule has 0 bridgehead atoms. The number of hydrogen-bond donors (Lipinski definition) is 0. The Kier molecular flexibility index (Phi) is 8.46. The normalized spacial score (nSPS) is 18.9. The van der Waals surface area contributed by atoms with Gasteiger partial charge in [-0.1, -0.05) is 23.2 Å². The van der Waals surface area contributed by atoms with Gasteiger partial charge < -0.3 is 0 Å². The van der Waals surface area contributed by atoms with Crippen molar-refractivity contribution in [2.24, 2.45) is 11.8 Å². The van der Waals surface area contributed by atoms with Crippen LogP contribution in [0.2, 0.25) is 0 Å². The van der Waals surface area contributed by atoms with E-state index in [9.17, 15) is 48.3 Å². The van der Waals surface area contributed by atoms with E-state index in [1.807, 2.05) is 0 Å². The third-order valence-electron chi connectivity index (χ3n) is 3.21. The second kappa shape index (κ2) is 8.36. The van der Waals surface area contributed by atoms with E-state index in [-0.39, 0.29) is 0 Å². The number of rotatable bonds is 7. The monoisotopic (exact) mass is 532 g/mol. The summed E-state index contributed by atoms with van der Waals surface area (Å²) in [6.45, 7) is -2.12. The van der Waals surface area contributed by atoms with Crippen LogP contribution in [0, 0.1) is 11.8 Å². The van der Waals surface area contributed by atoms with E-state index in [4.69, 9.17) is 34.8 Å². The summed E-state index contributed by atoms with van der Waals surface area (Å²) in [4.78, 5) is -9.01. The third-order valence-corrected chi connectivity index (χ3v) is 5.79. The summed E-state index contributed by atoms with van der Waals surface area (Å²) in [5.74, 6) is -6.59. The highest BCUT2D eigenvalue weighted by atomic mass is 79.9. The Balaban J connectivity index is 6.43. The maximum Gasteiger partial charge on any atom is 0.414 e. The molecule has 15 heteroatoms. The molecule has 0 aliphatic heterocycles. The molecular formula is C11H7BrCl3F11. The number of allylic oxidation sites excluding steroid dienone is 1. The van der Waals surface area contributed by atoms with Gasteiger partial charge in [0, 0.05) is 6.08 Å². The Labute approximate surface area is 162 Å². The molecule has 0 spiro atoms. The quantitative estimate of drug-likeness (QED) is 0.233. The van der Waals surface area contributed by atoms with E-state index in [1.165, 1.54) is 0 Å². The average molecular weight is 534 g/mol. The Bertz CT molecular complexity index is 507. The Morgan fingerprint density at radius 2 is 1.35 bits per heavy atom. The second-order valence-electron chi connectivity index (χ2n) is 4.99. The number of halogens is 15. The zero-order valence-electron chi connectivity index (χ0n) is 11.8. The van der Waals surface area contributed by atoms with Gasteiger partial charge in [0.15, 0.2) is 9.21 Å². The van der Waals surface area contributed by atoms with E-state index >= 15 is 0 Å². The van der Waals surface area contributed by atoms with E-state index in [0.717, 1.165) is 0 Å². The van der Waals surface area contributed by atoms with Crippen molar-refractivity contribution in [2.45, 2.75) is 32.8 Å². The lowest BCUT2D eigenvalue weighted by molar-refractivity contribution is -0.206. The van der Waals surface area contributed by atoms with Crippen molar-refractivity contribution >= 4 is 50.7 Å². The molecule has 3 unspecified atom stereocenters. The van der Waals surface area contributed by atoms with Crippen LogP contribution in [0.15, 0.2) is 12.2 Å². The summed E-state index contributed by atoms with van der Waals surface area (Å²) in [6.07, 6.45) is -18.3. The SMILES string of the molecule is FCC(CC(C(F)(F)F)C(Cl)(Cl)C(Cl)(C=C(F)F)C(F)(F)F)C(F)(F)Br. The number of alkyl halides is 13. The summed E-state index contributed by atoms with van der Waals surface area (Å²) in [7, 11) is 0. The minimum absolute atomic E-state index is 1.18. The van der Waals surface area contributed by atoms with Crippen molar-refractivity contribution in [2.75, 3.05) is 6.67 Å². The Morgan fingerprint density at radius 3 is 1.58 bits per heavy atom. The lowest BCUT2D eigenvalue weighted by atomic mass is 9.84. The van der Waals surface area contributed by atoms with Crippen molar-refractivity contribution in [1.82, 2.24) is 0 Å². The standard InChI is InChI=1S/C11H7BrCl3F11/c12-9(19,20)4(3-16)1-5(10(21,22)23)8(14,15)7(13,2-6(17)18)11(24,25)26/h2,4-5H,1,3H2. The first-order valence-electron chi connectivity index (χ1n) is 6.08. The van der Waals surface area contributed by atoms with Crippen LogP contribution in [0.1, 0.15) is 6.42 Å². The Hall–Kier alpha value is 0.320. The topological polar surface area (TPSA) is 0 Å². The maximum atomic E-state index is 13.2. The van der Waals surface area contributed by atoms with Crippen molar-refractivity contribution in [3.8, 4) is 0 Å². The van der Waals surface area contributed by atoms with Crippen molar-refractivity contribution < 1.29 is 48.3 Å². The lowest BCUT2D eigenvalue weighted by Crippen LogP contribution is -2.59. The van der Waals surface area contributed by atoms with Gasteiger partial charge in [-0.15, -0.1) is 11.6 Å². The molecule has 0 aromatic rings. The molecule has 0 amide bonds. The molecule has 0 aromatic carbocycles. The zero-order valence-corrected chi connectivity index (χ0v) is 15.7. The van der Waals surface area contributed by atoms with Gasteiger partial charge in [-0.3, -0.25) is 4.39 Å². The molecule has 156 valence electrons. The van der Waals surface area contributed by atoms with Crippen LogP contribution in [0.3, 0.4) is 0 Å². The molecule has 0 aliphatic carbocycles. The van der Waals surface area contributed by atoms with Crippen LogP contribution in [0.4, 0.5) is 48.3 Å². The fourth-order valence-corrected chi connectivity index (χ4v) is 3.10. The summed E-state index contributed by atoms with van der Waals surface area (Å²) in [5.41, 5.74) is 0. The fourth-order valence-electron chi connectivity index (χ4n) is 1.83. The van der Waals surface area contributed by atoms with Gasteiger partial charge in [-0.05, 0) is 22.4 Å². The van der Waals surface area contributed by atoms with Gasteiger partial charge in [0.25, 0.3) is 6.08 Å². The molecule has 0 saturated heterocycles. The summed E-state index contributed by atoms with van der Waals surface area (Å²) in [5, 5.41) is 0. The molecule has 0 aliphatic rings. The molecule has 0 saturated carbocycles. The highest BCUT2D eigenvalue weighted by molar-refractivity contribution is 9.10. The van der Waals surface area contributed by atoms with Crippen LogP contribution in [-0.2, 0) is 0 Å². The van der Waals surface area contributed by atoms with Gasteiger partial charge in [0.1, 0.15) is 0 Å². The molecule has 0 nitrogen and oxygen atoms in total. The highest BCUT2D eigenvalue weighted by Gasteiger charge is 2.71. The fraction of sp³-hybridized carbons (Fsp3) is 0.818. The van der Waals surface area contributed by atoms with Crippen LogP contribution < -0.4 is 0 Å². The minimum atomic E-state index is -6.06. The summed E-state index contributed by atoms with van der Waals surface area (Å²) in [6, 6.07) is 0. The van der Waals surface area contributed by atoms with Crippen LogP contribution >= 0.6 is 50.7 Å². The van der Waals surface area contributed by atoms with Crippen LogP contribution in [-0.4, -0.2) is 33.1 Å². The lowest BCUT2D eigenvalue weighted by Gasteiger charge is -2.43. The zero-order chi connectivity index (χ0) is 21.4. The predicted octanol–water partition coefficient (Wildman–Crippen LogP) is 7.62. The van der Waals surface area contributed by atoms with E-state index in [0.29, 0.717) is 0 Å². The van der Waals surface area contributed by atoms with Gasteiger partial charge in [0.2, 0.25) is 0 Å². The molecule has 3 atom stereocenters. The average Bonchev–Trinajstić information content (AvgIpc) is 2.33. The second-order valence-corrected chi connectivity index (χ2v) is 8.03. The molecule has 0 aromatic heterocycles. The van der Waals surface area contributed by atoms with E-state index in [1.54, 1.807) is 15.9 Å². The molecule has 0 radical (unpaired) electrons. The highest BCUT2D eigenvalue weighted by Crippen LogP contribution is 2.59. The minimum Gasteiger partial charge on any atom is -0.251 e. The van der Waals surface area contributed by atoms with Gasteiger partial charge >= 0.3 is 17.2 Å². The smallest absolute Gasteiger partial charge is 0.251 e. The molecule has 0 fully saturated rings. The maximum absolute atomic E-state index is 13.2. The van der Waals surface area contributed by atoms with Gasteiger partial charge in [0.05, 0.1) is 18.5 Å². The first kappa shape index (κ1) is 26.3. The van der Waals surface area contributed by atoms with Gasteiger partial charge in [-0.25, -0.2) is 0 Å². The molecule has 0 N–H and O–H groups in total. The van der Waals surface area contributed by atoms with E-state index in [2.05, 4.69) is 0 Å². The van der Waals surface area contributed by atoms with Crippen molar-refractivity contribution in [3.63, 3.8) is 0 Å². The molecule has 0 rings (SSSR count). The largest absolute Gasteiger partial charge is 0.414 e. The first-order valence-corrected chi connectivity index (χ1v) is 8.01. The third kappa shape index (κ3) is 5.91. The molecule has 0 heterocycles. The predicted molar refractivity (Wildman–Crippen MR) is 76.9 cm³/mol. The number of hydrogen-bond acceptors (Lipinski definition) is 0. The van der Waals surface area contributed by atoms with E-state index < -0.39 is 63.5 Å². The first-order chi connectivity index (χ1) is 11.2. The molecular weight excluding hydrogens is 527 g/mol. The Morgan fingerprint density at radius 1 is 0.923 bits per heavy atom. The summed E-state index contributed by atoms with van der Waals surface area (Å²) < 4.78 is 138. The van der Waals surface area contributed by atoms with Crippen LogP contribution in [0.25, 0.3) is 0 Å².